The number of nitrogens with one attached hydrogen (secondary N) is 1. The Balaban J connectivity index is 1.77. The first-order chi connectivity index (χ1) is 11.2. The van der Waals surface area contributed by atoms with Crippen LogP contribution in [-0.4, -0.2) is 11.1 Å². The molecule has 1 N–H and O–H groups in total. The molecule has 3 rings (SSSR count). The van der Waals surface area contributed by atoms with Gasteiger partial charge in [-0.15, -0.1) is 0 Å². The van der Waals surface area contributed by atoms with Crippen LogP contribution in [0.5, 0.6) is 0 Å². The molecule has 2 aromatic rings. The third-order valence-corrected chi connectivity index (χ3v) is 4.38. The van der Waals surface area contributed by atoms with Crippen LogP contribution in [-0.2, 0) is 4.79 Å². The molecule has 0 unspecified atom stereocenters. The average molecular weight is 385 g/mol. The lowest BCUT2D eigenvalue weighted by Crippen LogP contribution is -2.19. The van der Waals surface area contributed by atoms with Gasteiger partial charge in [0.2, 0.25) is 0 Å². The molecule has 1 heterocycles. The third-order valence-electron chi connectivity index (χ3n) is 3.01. The molecular weight excluding hydrogens is 372 g/mol. The van der Waals surface area contributed by atoms with Gasteiger partial charge in [-0.1, -0.05) is 64.5 Å². The van der Waals surface area contributed by atoms with Crippen molar-refractivity contribution in [3.05, 3.63) is 81.7 Å². The van der Waals surface area contributed by atoms with E-state index >= 15 is 0 Å². The van der Waals surface area contributed by atoms with E-state index in [1.54, 1.807) is 6.08 Å². The van der Waals surface area contributed by atoms with E-state index in [2.05, 4.69) is 26.2 Å². The van der Waals surface area contributed by atoms with Crippen molar-refractivity contribution < 1.29 is 4.79 Å². The molecule has 114 valence electrons. The lowest BCUT2D eigenvalue weighted by Gasteiger charge is -1.95. The molecule has 5 heteroatoms. The van der Waals surface area contributed by atoms with E-state index in [-0.39, 0.29) is 5.91 Å². The van der Waals surface area contributed by atoms with Crippen molar-refractivity contribution in [3.8, 4) is 0 Å². The van der Waals surface area contributed by atoms with Crippen LogP contribution in [0.1, 0.15) is 5.56 Å². The van der Waals surface area contributed by atoms with Crippen molar-refractivity contribution in [3.63, 3.8) is 0 Å². The SMILES string of the molecule is O=C1NC(=Nc2ccccc2)SC1=CC(Br)=Cc1ccccc1. The summed E-state index contributed by atoms with van der Waals surface area (Å²) in [6, 6.07) is 19.5. The second-order valence-corrected chi connectivity index (χ2v) is 6.70. The van der Waals surface area contributed by atoms with Crippen LogP contribution >= 0.6 is 27.7 Å². The summed E-state index contributed by atoms with van der Waals surface area (Å²) in [6.45, 7) is 0. The molecular formula is C18H13BrN2OS. The normalized spacial score (nSPS) is 18.5. The largest absolute Gasteiger partial charge is 0.300 e. The highest BCUT2D eigenvalue weighted by Gasteiger charge is 2.23. The Kier molecular flexibility index (Phi) is 5.10. The predicted molar refractivity (Wildman–Crippen MR) is 101 cm³/mol. The fourth-order valence-electron chi connectivity index (χ4n) is 1.98. The van der Waals surface area contributed by atoms with Gasteiger partial charge in [0.05, 0.1) is 10.6 Å². The summed E-state index contributed by atoms with van der Waals surface area (Å²) in [5.41, 5.74) is 1.88. The van der Waals surface area contributed by atoms with Gasteiger partial charge in [0, 0.05) is 4.48 Å². The maximum absolute atomic E-state index is 12.0. The van der Waals surface area contributed by atoms with Gasteiger partial charge < -0.3 is 5.32 Å². The minimum Gasteiger partial charge on any atom is -0.300 e. The summed E-state index contributed by atoms with van der Waals surface area (Å²) in [5.74, 6) is -0.136. The number of hydrogen-bond acceptors (Lipinski definition) is 3. The van der Waals surface area contributed by atoms with Crippen molar-refractivity contribution in [2.45, 2.75) is 0 Å². The molecule has 0 aromatic heterocycles. The molecule has 23 heavy (non-hydrogen) atoms. The number of carbonyl (C=O) groups excluding carboxylic acids is 1. The number of halogens is 1. The van der Waals surface area contributed by atoms with Gasteiger partial charge in [-0.05, 0) is 41.6 Å². The number of benzene rings is 2. The first-order valence-electron chi connectivity index (χ1n) is 6.97. The van der Waals surface area contributed by atoms with E-state index in [0.717, 1.165) is 15.7 Å². The van der Waals surface area contributed by atoms with Gasteiger partial charge >= 0.3 is 0 Å². The standard InChI is InChI=1S/C18H13BrN2OS/c19-14(11-13-7-3-1-4-8-13)12-16-17(22)21-18(23-16)20-15-9-5-2-6-10-15/h1-12H,(H,20,21,22). The summed E-state index contributed by atoms with van der Waals surface area (Å²) in [6.07, 6.45) is 3.77. The Bertz CT molecular complexity index is 798. The topological polar surface area (TPSA) is 41.5 Å². The number of aliphatic imine (C=N–C) groups is 1. The minimum atomic E-state index is -0.136. The molecule has 1 fully saturated rings. The van der Waals surface area contributed by atoms with Crippen LogP contribution in [0.15, 0.2) is 81.1 Å². The summed E-state index contributed by atoms with van der Waals surface area (Å²) in [5, 5.41) is 3.37. The van der Waals surface area contributed by atoms with Crippen molar-refractivity contribution in [1.82, 2.24) is 5.32 Å². The fourth-order valence-corrected chi connectivity index (χ4v) is 3.45. The summed E-state index contributed by atoms with van der Waals surface area (Å²) < 4.78 is 0.835. The van der Waals surface area contributed by atoms with Gasteiger partial charge in [-0.3, -0.25) is 4.79 Å². The lowest BCUT2D eigenvalue weighted by molar-refractivity contribution is -0.115. The smallest absolute Gasteiger partial charge is 0.264 e. The van der Waals surface area contributed by atoms with Crippen molar-refractivity contribution in [1.29, 1.82) is 0 Å². The van der Waals surface area contributed by atoms with E-state index in [1.807, 2.05) is 66.7 Å². The molecule has 1 amide bonds. The minimum absolute atomic E-state index is 0.136. The average Bonchev–Trinajstić information content (AvgIpc) is 2.88. The lowest BCUT2D eigenvalue weighted by atomic mass is 10.2. The zero-order valence-electron chi connectivity index (χ0n) is 12.1. The van der Waals surface area contributed by atoms with Crippen molar-refractivity contribution in [2.75, 3.05) is 0 Å². The summed E-state index contributed by atoms with van der Waals surface area (Å²) >= 11 is 4.82. The number of amides is 1. The van der Waals surface area contributed by atoms with E-state index in [4.69, 9.17) is 0 Å². The number of hydrogen-bond donors (Lipinski definition) is 1. The van der Waals surface area contributed by atoms with Crippen LogP contribution in [0.3, 0.4) is 0 Å². The van der Waals surface area contributed by atoms with Gasteiger partial charge in [0.25, 0.3) is 5.91 Å². The maximum Gasteiger partial charge on any atom is 0.264 e. The Morgan fingerprint density at radius 1 is 1.04 bits per heavy atom. The zero-order chi connectivity index (χ0) is 16.1. The van der Waals surface area contributed by atoms with Crippen LogP contribution in [0.2, 0.25) is 0 Å². The van der Waals surface area contributed by atoms with Gasteiger partial charge in [-0.2, -0.15) is 0 Å². The van der Waals surface area contributed by atoms with Crippen LogP contribution < -0.4 is 5.32 Å². The maximum atomic E-state index is 12.0. The number of nitrogens with zero attached hydrogens (tertiary/aromatic N) is 1. The summed E-state index contributed by atoms with van der Waals surface area (Å²) in [7, 11) is 0. The van der Waals surface area contributed by atoms with E-state index in [1.165, 1.54) is 11.8 Å². The molecule has 2 aromatic carbocycles. The first kappa shape index (κ1) is 15.8. The third kappa shape index (κ3) is 4.43. The quantitative estimate of drug-likeness (QED) is 0.767. The monoisotopic (exact) mass is 384 g/mol. The summed E-state index contributed by atoms with van der Waals surface area (Å²) in [4.78, 5) is 17.1. The Hall–Kier alpha value is -2.11. The number of amidine groups is 1. The molecule has 1 aliphatic rings. The number of rotatable bonds is 3. The number of thioether (sulfide) groups is 1. The second-order valence-electron chi connectivity index (χ2n) is 4.76. The molecule has 0 radical (unpaired) electrons. The van der Waals surface area contributed by atoms with Gasteiger partial charge in [0.15, 0.2) is 5.17 Å². The number of para-hydroxylation sites is 1. The number of carbonyl (C=O) groups is 1. The number of allylic oxidation sites excluding steroid dienone is 2. The molecule has 0 atom stereocenters. The molecule has 0 bridgehead atoms. The molecule has 1 aliphatic heterocycles. The molecule has 0 saturated carbocycles. The van der Waals surface area contributed by atoms with Crippen molar-refractivity contribution in [2.24, 2.45) is 4.99 Å². The fraction of sp³-hybridized carbons (Fsp3) is 0. The Morgan fingerprint density at radius 3 is 2.39 bits per heavy atom. The van der Waals surface area contributed by atoms with Gasteiger partial charge in [0.1, 0.15) is 0 Å². The first-order valence-corrected chi connectivity index (χ1v) is 8.58. The molecule has 0 spiro atoms. The molecule has 0 aliphatic carbocycles. The van der Waals surface area contributed by atoms with Crippen LogP contribution in [0.4, 0.5) is 5.69 Å². The van der Waals surface area contributed by atoms with Gasteiger partial charge in [-0.25, -0.2) is 4.99 Å². The Morgan fingerprint density at radius 2 is 1.70 bits per heavy atom. The zero-order valence-corrected chi connectivity index (χ0v) is 14.5. The highest BCUT2D eigenvalue weighted by atomic mass is 79.9. The predicted octanol–water partition coefficient (Wildman–Crippen LogP) is 4.86. The second kappa shape index (κ2) is 7.44. The Labute approximate surface area is 147 Å². The molecule has 1 saturated heterocycles. The van der Waals surface area contributed by atoms with E-state index in [9.17, 15) is 4.79 Å². The van der Waals surface area contributed by atoms with Crippen molar-refractivity contribution >= 4 is 50.5 Å². The highest BCUT2D eigenvalue weighted by Crippen LogP contribution is 2.28. The van der Waals surface area contributed by atoms with Crippen LogP contribution in [0.25, 0.3) is 6.08 Å². The molecule has 3 nitrogen and oxygen atoms in total. The van der Waals surface area contributed by atoms with E-state index < -0.39 is 0 Å². The van der Waals surface area contributed by atoms with E-state index in [0.29, 0.717) is 10.1 Å². The van der Waals surface area contributed by atoms with Crippen LogP contribution in [0, 0.1) is 0 Å². The highest BCUT2D eigenvalue weighted by molar-refractivity contribution is 9.12.